The number of ether oxygens (including phenoxy) is 1. The van der Waals surface area contributed by atoms with E-state index in [9.17, 15) is 0 Å². The predicted molar refractivity (Wildman–Crippen MR) is 78.1 cm³/mol. The van der Waals surface area contributed by atoms with E-state index in [0.29, 0.717) is 12.6 Å². The number of halogens is 1. The fourth-order valence-corrected chi connectivity index (χ4v) is 2.00. The number of rotatable bonds is 8. The molecule has 102 valence electrons. The van der Waals surface area contributed by atoms with E-state index in [4.69, 9.17) is 16.3 Å². The minimum atomic E-state index is 0.195. The number of hydrogen-bond donors (Lipinski definition) is 1. The first-order valence-corrected chi connectivity index (χ1v) is 7.09. The lowest BCUT2D eigenvalue weighted by Crippen LogP contribution is -2.33. The molecule has 0 aliphatic heterocycles. The molecule has 2 unspecified atom stereocenters. The average Bonchev–Trinajstić information content (AvgIpc) is 2.36. The Labute approximate surface area is 116 Å². The summed E-state index contributed by atoms with van der Waals surface area (Å²) in [6.07, 6.45) is 2.61. The third kappa shape index (κ3) is 5.85. The Morgan fingerprint density at radius 3 is 2.67 bits per heavy atom. The van der Waals surface area contributed by atoms with Crippen molar-refractivity contribution in [2.24, 2.45) is 0 Å². The molecular formula is C15H24ClNO. The molecule has 0 saturated carbocycles. The molecule has 0 saturated heterocycles. The van der Waals surface area contributed by atoms with Gasteiger partial charge in [0.1, 0.15) is 0 Å². The van der Waals surface area contributed by atoms with Crippen LogP contribution in [0.2, 0.25) is 5.02 Å². The van der Waals surface area contributed by atoms with Gasteiger partial charge in [0.15, 0.2) is 0 Å². The van der Waals surface area contributed by atoms with Crippen LogP contribution in [0.5, 0.6) is 0 Å². The summed E-state index contributed by atoms with van der Waals surface area (Å²) in [6, 6.07) is 8.37. The van der Waals surface area contributed by atoms with Gasteiger partial charge in [-0.1, -0.05) is 43.1 Å². The van der Waals surface area contributed by atoms with Crippen molar-refractivity contribution >= 4 is 11.6 Å². The van der Waals surface area contributed by atoms with Crippen molar-refractivity contribution in [3.63, 3.8) is 0 Å². The van der Waals surface area contributed by atoms with Crippen LogP contribution < -0.4 is 5.32 Å². The van der Waals surface area contributed by atoms with E-state index in [1.807, 2.05) is 24.3 Å². The van der Waals surface area contributed by atoms with Gasteiger partial charge in [0.05, 0.1) is 12.7 Å². The largest absolute Gasteiger partial charge is 0.372 e. The summed E-state index contributed by atoms with van der Waals surface area (Å²) in [5, 5.41) is 4.25. The molecule has 0 aromatic heterocycles. The van der Waals surface area contributed by atoms with Crippen molar-refractivity contribution in [3.05, 3.63) is 34.9 Å². The zero-order valence-corrected chi connectivity index (χ0v) is 12.3. The highest BCUT2D eigenvalue weighted by atomic mass is 35.5. The summed E-state index contributed by atoms with van der Waals surface area (Å²) in [5.41, 5.74) is 1.05. The Balaban J connectivity index is 2.25. The van der Waals surface area contributed by atoms with Crippen LogP contribution in [-0.2, 0) is 11.3 Å². The second kappa shape index (κ2) is 8.52. The number of hydrogen-bond acceptors (Lipinski definition) is 2. The van der Waals surface area contributed by atoms with E-state index in [0.717, 1.165) is 17.1 Å². The number of benzene rings is 1. The summed E-state index contributed by atoms with van der Waals surface area (Å²) in [6.45, 7) is 7.96. The molecule has 0 radical (unpaired) electrons. The molecule has 1 N–H and O–H groups in total. The molecule has 1 aromatic carbocycles. The maximum Gasteiger partial charge on any atom is 0.0735 e. The quantitative estimate of drug-likeness (QED) is 0.770. The van der Waals surface area contributed by atoms with Crippen molar-refractivity contribution in [3.8, 4) is 0 Å². The summed E-state index contributed by atoms with van der Waals surface area (Å²) < 4.78 is 5.79. The SMILES string of the molecule is CCCC(C)NCC(C)OCc1ccccc1Cl. The van der Waals surface area contributed by atoms with Gasteiger partial charge in [-0.25, -0.2) is 0 Å². The highest BCUT2D eigenvalue weighted by molar-refractivity contribution is 6.31. The topological polar surface area (TPSA) is 21.3 Å². The molecule has 0 aliphatic rings. The van der Waals surface area contributed by atoms with E-state index < -0.39 is 0 Å². The van der Waals surface area contributed by atoms with Crippen molar-refractivity contribution in [2.45, 2.75) is 52.4 Å². The van der Waals surface area contributed by atoms with Gasteiger partial charge in [0.25, 0.3) is 0 Å². The summed E-state index contributed by atoms with van der Waals surface area (Å²) >= 11 is 6.08. The van der Waals surface area contributed by atoms with E-state index in [2.05, 4.69) is 26.1 Å². The number of nitrogens with one attached hydrogen (secondary N) is 1. The highest BCUT2D eigenvalue weighted by Crippen LogP contribution is 2.16. The molecule has 1 rings (SSSR count). The standard InChI is InChI=1S/C15H24ClNO/c1-4-7-12(2)17-10-13(3)18-11-14-8-5-6-9-15(14)16/h5-6,8-9,12-13,17H,4,7,10-11H2,1-3H3. The van der Waals surface area contributed by atoms with E-state index >= 15 is 0 Å². The fraction of sp³-hybridized carbons (Fsp3) is 0.600. The zero-order chi connectivity index (χ0) is 13.4. The van der Waals surface area contributed by atoms with Gasteiger partial charge in [-0.3, -0.25) is 0 Å². The molecule has 1 aromatic rings. The minimum absolute atomic E-state index is 0.195. The predicted octanol–water partition coefficient (Wildman–Crippen LogP) is 4.02. The molecule has 0 amide bonds. The van der Waals surface area contributed by atoms with Crippen molar-refractivity contribution in [1.82, 2.24) is 5.32 Å². The second-order valence-corrected chi connectivity index (χ2v) is 5.22. The van der Waals surface area contributed by atoms with Crippen molar-refractivity contribution in [1.29, 1.82) is 0 Å². The van der Waals surface area contributed by atoms with Crippen LogP contribution in [-0.4, -0.2) is 18.7 Å². The lowest BCUT2D eigenvalue weighted by atomic mass is 10.2. The molecule has 18 heavy (non-hydrogen) atoms. The average molecular weight is 270 g/mol. The van der Waals surface area contributed by atoms with Crippen LogP contribution in [0.25, 0.3) is 0 Å². The van der Waals surface area contributed by atoms with Gasteiger partial charge in [0, 0.05) is 17.6 Å². The van der Waals surface area contributed by atoms with Crippen LogP contribution in [0, 0.1) is 0 Å². The van der Waals surface area contributed by atoms with E-state index in [1.54, 1.807) is 0 Å². The fourth-order valence-electron chi connectivity index (χ4n) is 1.81. The first-order valence-electron chi connectivity index (χ1n) is 6.71. The zero-order valence-electron chi connectivity index (χ0n) is 11.6. The van der Waals surface area contributed by atoms with Gasteiger partial charge >= 0.3 is 0 Å². The van der Waals surface area contributed by atoms with Crippen molar-refractivity contribution < 1.29 is 4.74 Å². The van der Waals surface area contributed by atoms with Crippen LogP contribution in [0.15, 0.2) is 24.3 Å². The van der Waals surface area contributed by atoms with Crippen LogP contribution in [0.3, 0.4) is 0 Å². The molecule has 3 heteroatoms. The second-order valence-electron chi connectivity index (χ2n) is 4.81. The molecule has 0 aliphatic carbocycles. The first-order chi connectivity index (χ1) is 8.63. The lowest BCUT2D eigenvalue weighted by Gasteiger charge is -2.18. The molecule has 0 heterocycles. The van der Waals surface area contributed by atoms with Gasteiger partial charge < -0.3 is 10.1 Å². The normalized spacial score (nSPS) is 14.4. The summed E-state index contributed by atoms with van der Waals surface area (Å²) in [4.78, 5) is 0. The van der Waals surface area contributed by atoms with Crippen LogP contribution in [0.1, 0.15) is 39.2 Å². The Bertz CT molecular complexity index is 343. The highest BCUT2D eigenvalue weighted by Gasteiger charge is 2.06. The van der Waals surface area contributed by atoms with Crippen LogP contribution in [0.4, 0.5) is 0 Å². The Kier molecular flexibility index (Phi) is 7.33. The Morgan fingerprint density at radius 2 is 2.00 bits per heavy atom. The van der Waals surface area contributed by atoms with Gasteiger partial charge in [0.2, 0.25) is 0 Å². The maximum absolute atomic E-state index is 6.08. The smallest absolute Gasteiger partial charge is 0.0735 e. The molecular weight excluding hydrogens is 246 g/mol. The monoisotopic (exact) mass is 269 g/mol. The Hall–Kier alpha value is -0.570. The molecule has 0 spiro atoms. The van der Waals surface area contributed by atoms with Gasteiger partial charge in [-0.2, -0.15) is 0 Å². The Morgan fingerprint density at radius 1 is 1.28 bits per heavy atom. The third-order valence-corrected chi connectivity index (χ3v) is 3.33. The molecule has 2 atom stereocenters. The maximum atomic E-state index is 6.08. The van der Waals surface area contributed by atoms with Crippen molar-refractivity contribution in [2.75, 3.05) is 6.54 Å². The van der Waals surface area contributed by atoms with Crippen LogP contribution >= 0.6 is 11.6 Å². The molecule has 2 nitrogen and oxygen atoms in total. The van der Waals surface area contributed by atoms with E-state index in [1.165, 1.54) is 12.8 Å². The third-order valence-electron chi connectivity index (χ3n) is 2.96. The van der Waals surface area contributed by atoms with Gasteiger partial charge in [-0.15, -0.1) is 0 Å². The lowest BCUT2D eigenvalue weighted by molar-refractivity contribution is 0.0515. The summed E-state index contributed by atoms with van der Waals surface area (Å²) in [7, 11) is 0. The summed E-state index contributed by atoms with van der Waals surface area (Å²) in [5.74, 6) is 0. The first kappa shape index (κ1) is 15.5. The molecule has 0 bridgehead atoms. The van der Waals surface area contributed by atoms with Gasteiger partial charge in [-0.05, 0) is 31.9 Å². The van der Waals surface area contributed by atoms with E-state index in [-0.39, 0.29) is 6.10 Å². The minimum Gasteiger partial charge on any atom is -0.372 e. The molecule has 0 fully saturated rings.